The Bertz CT molecular complexity index is 985. The number of hydrogen-bond donors (Lipinski definition) is 1. The Morgan fingerprint density at radius 1 is 0.938 bits per heavy atom. The van der Waals surface area contributed by atoms with Crippen LogP contribution < -0.4 is 4.74 Å². The predicted molar refractivity (Wildman–Crippen MR) is 123 cm³/mol. The second-order valence-electron chi connectivity index (χ2n) is 10.4. The van der Waals surface area contributed by atoms with Crippen LogP contribution in [0.5, 0.6) is 5.75 Å². The maximum absolute atomic E-state index is 13.0. The summed E-state index contributed by atoms with van der Waals surface area (Å²) in [4.78, 5) is 24.1. The van der Waals surface area contributed by atoms with Gasteiger partial charge in [0.2, 0.25) is 0 Å². The van der Waals surface area contributed by atoms with Gasteiger partial charge in [0.15, 0.2) is 0 Å². The molecule has 32 heavy (non-hydrogen) atoms. The van der Waals surface area contributed by atoms with Crippen molar-refractivity contribution < 1.29 is 19.4 Å². The van der Waals surface area contributed by atoms with E-state index in [0.29, 0.717) is 11.3 Å². The summed E-state index contributed by atoms with van der Waals surface area (Å²) < 4.78 is 5.60. The third-order valence-corrected chi connectivity index (χ3v) is 8.07. The van der Waals surface area contributed by atoms with Crippen molar-refractivity contribution in [3.05, 3.63) is 64.7 Å². The number of carbonyl (C=O) groups is 2. The third kappa shape index (κ3) is 3.96. The molecule has 0 amide bonds. The maximum Gasteiger partial charge on any atom is 0.343 e. The van der Waals surface area contributed by atoms with Crippen LogP contribution in [0.15, 0.2) is 42.5 Å². The third-order valence-electron chi connectivity index (χ3n) is 8.07. The molecule has 4 aliphatic rings. The molecule has 4 bridgehead atoms. The molecule has 0 saturated heterocycles. The lowest BCUT2D eigenvalue weighted by Crippen LogP contribution is -2.49. The fourth-order valence-electron chi connectivity index (χ4n) is 7.05. The van der Waals surface area contributed by atoms with E-state index in [-0.39, 0.29) is 16.9 Å². The van der Waals surface area contributed by atoms with Gasteiger partial charge in [-0.05, 0) is 122 Å². The quantitative estimate of drug-likeness (QED) is 0.405. The highest BCUT2D eigenvalue weighted by Gasteiger charge is 2.52. The first kappa shape index (κ1) is 21.2. The van der Waals surface area contributed by atoms with Gasteiger partial charge in [0.1, 0.15) is 5.75 Å². The molecule has 4 saturated carbocycles. The minimum absolute atomic E-state index is 0.175. The summed E-state index contributed by atoms with van der Waals surface area (Å²) >= 11 is 0. The molecule has 168 valence electrons. The van der Waals surface area contributed by atoms with Crippen LogP contribution in [-0.2, 0) is 11.8 Å². The molecule has 4 fully saturated rings. The van der Waals surface area contributed by atoms with E-state index in [1.165, 1.54) is 80.3 Å². The summed E-state index contributed by atoms with van der Waals surface area (Å²) in [5, 5.41) is 9.06. The summed E-state index contributed by atoms with van der Waals surface area (Å²) in [6.45, 7) is 2.23. The van der Waals surface area contributed by atoms with Crippen molar-refractivity contribution in [1.29, 1.82) is 0 Å². The number of carboxylic acid groups (broad SMARTS) is 1. The number of benzene rings is 2. The monoisotopic (exact) mass is 432 g/mol. The summed E-state index contributed by atoms with van der Waals surface area (Å²) in [7, 11) is 0. The van der Waals surface area contributed by atoms with Crippen molar-refractivity contribution in [2.45, 2.75) is 70.1 Å². The normalized spacial score (nSPS) is 28.0. The molecule has 0 heterocycles. The molecule has 4 aliphatic carbocycles. The van der Waals surface area contributed by atoms with Gasteiger partial charge in [-0.15, -0.1) is 0 Å². The zero-order valence-electron chi connectivity index (χ0n) is 18.8. The van der Waals surface area contributed by atoms with Gasteiger partial charge in [0, 0.05) is 0 Å². The van der Waals surface area contributed by atoms with Crippen LogP contribution in [0.25, 0.3) is 0 Å². The summed E-state index contributed by atoms with van der Waals surface area (Å²) in [6, 6.07) is 12.2. The van der Waals surface area contributed by atoms with Gasteiger partial charge in [-0.1, -0.05) is 19.4 Å². The first-order chi connectivity index (χ1) is 15.5. The number of aryl methyl sites for hydroxylation is 1. The number of hydrogen-bond acceptors (Lipinski definition) is 3. The number of carboxylic acids is 1. The van der Waals surface area contributed by atoms with Crippen LogP contribution in [0.3, 0.4) is 0 Å². The Morgan fingerprint density at radius 3 is 2.09 bits per heavy atom. The second-order valence-corrected chi connectivity index (χ2v) is 10.4. The lowest BCUT2D eigenvalue weighted by atomic mass is 9.47. The van der Waals surface area contributed by atoms with Gasteiger partial charge < -0.3 is 9.84 Å². The number of esters is 1. The largest absolute Gasteiger partial charge is 0.478 e. The van der Waals surface area contributed by atoms with Crippen molar-refractivity contribution in [1.82, 2.24) is 0 Å². The van der Waals surface area contributed by atoms with E-state index in [9.17, 15) is 9.59 Å². The van der Waals surface area contributed by atoms with Crippen molar-refractivity contribution >= 4 is 11.9 Å². The van der Waals surface area contributed by atoms with Gasteiger partial charge in [-0.2, -0.15) is 0 Å². The van der Waals surface area contributed by atoms with Gasteiger partial charge in [0.05, 0.1) is 11.1 Å². The van der Waals surface area contributed by atoms with Crippen molar-refractivity contribution in [3.63, 3.8) is 0 Å². The minimum Gasteiger partial charge on any atom is -0.478 e. The van der Waals surface area contributed by atoms with E-state index in [1.807, 2.05) is 6.07 Å². The van der Waals surface area contributed by atoms with Gasteiger partial charge in [0.25, 0.3) is 0 Å². The Kier molecular flexibility index (Phi) is 5.56. The van der Waals surface area contributed by atoms with Gasteiger partial charge in [-0.25, -0.2) is 9.59 Å². The molecular formula is C28H32O4. The molecule has 0 unspecified atom stereocenters. The van der Waals surface area contributed by atoms with E-state index in [0.717, 1.165) is 30.6 Å². The molecule has 6 rings (SSSR count). The van der Waals surface area contributed by atoms with Crippen molar-refractivity contribution in [3.8, 4) is 5.75 Å². The summed E-state index contributed by atoms with van der Waals surface area (Å²) in [6.07, 6.45) is 11.4. The fraction of sp³-hybridized carbons (Fsp3) is 0.500. The predicted octanol–water partition coefficient (Wildman–Crippen LogP) is 6.41. The van der Waals surface area contributed by atoms with Crippen LogP contribution in [0, 0.1) is 17.8 Å². The number of rotatable bonds is 7. The highest BCUT2D eigenvalue weighted by atomic mass is 16.5. The van der Waals surface area contributed by atoms with E-state index in [1.54, 1.807) is 0 Å². The van der Waals surface area contributed by atoms with E-state index in [4.69, 9.17) is 9.84 Å². The first-order valence-corrected chi connectivity index (χ1v) is 12.1. The number of unbranched alkanes of at least 4 members (excludes halogenated alkanes) is 1. The summed E-state index contributed by atoms with van der Waals surface area (Å²) in [5.74, 6) is 1.55. The lowest BCUT2D eigenvalue weighted by Gasteiger charge is -2.57. The number of carbonyl (C=O) groups excluding carboxylic acids is 1. The number of aromatic carboxylic acids is 1. The maximum atomic E-state index is 13.0. The number of ether oxygens (including phenoxy) is 1. The zero-order chi connectivity index (χ0) is 22.3. The van der Waals surface area contributed by atoms with Gasteiger partial charge >= 0.3 is 11.9 Å². The van der Waals surface area contributed by atoms with E-state index >= 15 is 0 Å². The molecule has 2 aromatic carbocycles. The zero-order valence-corrected chi connectivity index (χ0v) is 18.8. The van der Waals surface area contributed by atoms with Crippen LogP contribution in [0.2, 0.25) is 0 Å². The van der Waals surface area contributed by atoms with Crippen molar-refractivity contribution in [2.24, 2.45) is 17.8 Å². The van der Waals surface area contributed by atoms with Gasteiger partial charge in [-0.3, -0.25) is 0 Å². The highest BCUT2D eigenvalue weighted by Crippen LogP contribution is 2.61. The molecule has 1 N–H and O–H groups in total. The minimum atomic E-state index is -0.995. The molecule has 0 spiro atoms. The molecule has 0 aliphatic heterocycles. The molecular weight excluding hydrogens is 400 g/mol. The highest BCUT2D eigenvalue weighted by molar-refractivity contribution is 5.92. The fourth-order valence-corrected chi connectivity index (χ4v) is 7.05. The molecule has 0 aromatic heterocycles. The standard InChI is InChI=1S/C28H32O4/c1-2-3-4-21-5-6-23(27(31)32-24-9-7-22(8-10-24)26(29)30)14-25(21)28-15-18-11-19(16-28)13-20(12-18)17-28/h5-10,14,18-20H,2-4,11-13,15-17H2,1H3,(H,29,30). The Labute approximate surface area is 190 Å². The van der Waals surface area contributed by atoms with E-state index < -0.39 is 5.97 Å². The SMILES string of the molecule is CCCCc1ccc(C(=O)Oc2ccc(C(=O)O)cc2)cc1C12CC3CC(CC(C3)C1)C2. The molecule has 4 nitrogen and oxygen atoms in total. The Hall–Kier alpha value is -2.62. The molecule has 0 atom stereocenters. The molecule has 4 heteroatoms. The Balaban J connectivity index is 1.44. The van der Waals surface area contributed by atoms with E-state index in [2.05, 4.69) is 19.1 Å². The average molecular weight is 433 g/mol. The summed E-state index contributed by atoms with van der Waals surface area (Å²) in [5.41, 5.74) is 3.82. The van der Waals surface area contributed by atoms with Crippen LogP contribution in [0.1, 0.15) is 90.1 Å². The topological polar surface area (TPSA) is 63.6 Å². The lowest BCUT2D eigenvalue weighted by molar-refractivity contribution is -0.00561. The van der Waals surface area contributed by atoms with Crippen LogP contribution >= 0.6 is 0 Å². The van der Waals surface area contributed by atoms with Crippen LogP contribution in [-0.4, -0.2) is 17.0 Å². The van der Waals surface area contributed by atoms with Crippen molar-refractivity contribution in [2.75, 3.05) is 0 Å². The smallest absolute Gasteiger partial charge is 0.343 e. The molecule has 0 radical (unpaired) electrons. The second kappa shape index (κ2) is 8.38. The molecule has 2 aromatic rings. The average Bonchev–Trinajstić information content (AvgIpc) is 2.77. The first-order valence-electron chi connectivity index (χ1n) is 12.1. The Morgan fingerprint density at radius 2 is 1.53 bits per heavy atom. The van der Waals surface area contributed by atoms with Crippen LogP contribution in [0.4, 0.5) is 0 Å².